The number of rotatable bonds is 23. The van der Waals surface area contributed by atoms with E-state index in [1.54, 1.807) is 19.4 Å². The van der Waals surface area contributed by atoms with Gasteiger partial charge in [0.05, 0.1) is 45.8 Å². The van der Waals surface area contributed by atoms with Crippen molar-refractivity contribution in [2.24, 2.45) is 5.92 Å². The Balaban J connectivity index is 1.55. The van der Waals surface area contributed by atoms with Crippen LogP contribution in [-0.4, -0.2) is 64.7 Å². The standard InChI is InChI=1S/C44H58N2O6/c1-6-9-23-46(24-26-50-34(4)22-25-48-5)42-31-39(19-18-38(42)29-35(8-3)13-7-2)44(47)45-41(43-33-49-27-28-51-43)30-36-16-20-40(21-17-36)52-32-37-14-11-10-12-15-37/h6,10-12,14-22,25,31,35,41,43H,1,4,7-9,13,23-24,26-30,32-33H2,2-3,5H3,(H,45,47)/b25-22+. The molecular weight excluding hydrogens is 652 g/mol. The van der Waals surface area contributed by atoms with E-state index in [0.29, 0.717) is 63.2 Å². The largest absolute Gasteiger partial charge is 0.504 e. The number of ether oxygens (including phenoxy) is 5. The molecule has 52 heavy (non-hydrogen) atoms. The van der Waals surface area contributed by atoms with Crippen LogP contribution in [0.2, 0.25) is 0 Å². The van der Waals surface area contributed by atoms with E-state index in [-0.39, 0.29) is 18.1 Å². The molecule has 0 radical (unpaired) electrons. The molecule has 3 aromatic carbocycles. The number of allylic oxidation sites excluding steroid dienone is 1. The molecule has 1 fully saturated rings. The van der Waals surface area contributed by atoms with Crippen LogP contribution in [0.1, 0.15) is 66.6 Å². The number of amides is 1. The first-order valence-electron chi connectivity index (χ1n) is 18.7. The van der Waals surface area contributed by atoms with E-state index in [1.165, 1.54) is 5.56 Å². The third-order valence-electron chi connectivity index (χ3n) is 9.35. The maximum absolute atomic E-state index is 14.1. The van der Waals surface area contributed by atoms with E-state index < -0.39 is 0 Å². The molecule has 3 atom stereocenters. The maximum atomic E-state index is 14.1. The zero-order valence-corrected chi connectivity index (χ0v) is 31.4. The predicted molar refractivity (Wildman–Crippen MR) is 210 cm³/mol. The first-order chi connectivity index (χ1) is 25.4. The topological polar surface area (TPSA) is 78.5 Å². The van der Waals surface area contributed by atoms with E-state index in [2.05, 4.69) is 55.4 Å². The van der Waals surface area contributed by atoms with Gasteiger partial charge in [0.1, 0.15) is 30.8 Å². The third kappa shape index (κ3) is 13.2. The second-order valence-corrected chi connectivity index (χ2v) is 13.2. The Hall–Kier alpha value is -4.53. The fraction of sp³-hybridized carbons (Fsp3) is 0.432. The highest BCUT2D eigenvalue weighted by molar-refractivity contribution is 5.95. The number of benzene rings is 3. The number of hydrogen-bond donors (Lipinski definition) is 1. The number of carbonyl (C=O) groups excluding carboxylic acids is 1. The highest BCUT2D eigenvalue weighted by atomic mass is 16.6. The van der Waals surface area contributed by atoms with Crippen molar-refractivity contribution in [1.29, 1.82) is 0 Å². The fourth-order valence-corrected chi connectivity index (χ4v) is 6.40. The van der Waals surface area contributed by atoms with Crippen molar-refractivity contribution in [3.8, 4) is 5.75 Å². The second kappa shape index (κ2) is 22.4. The molecule has 0 aliphatic carbocycles. The predicted octanol–water partition coefficient (Wildman–Crippen LogP) is 8.46. The monoisotopic (exact) mass is 710 g/mol. The van der Waals surface area contributed by atoms with Gasteiger partial charge in [-0.3, -0.25) is 4.79 Å². The van der Waals surface area contributed by atoms with Crippen molar-refractivity contribution in [2.45, 2.75) is 71.1 Å². The number of methoxy groups -OCH3 is 1. The Bertz CT molecular complexity index is 1530. The molecule has 8 nitrogen and oxygen atoms in total. The van der Waals surface area contributed by atoms with Crippen molar-refractivity contribution in [3.05, 3.63) is 132 Å². The lowest BCUT2D eigenvalue weighted by Gasteiger charge is -2.32. The molecule has 0 spiro atoms. The molecule has 0 saturated carbocycles. The summed E-state index contributed by atoms with van der Waals surface area (Å²) < 4.78 is 28.9. The molecule has 280 valence electrons. The first-order valence-corrected chi connectivity index (χ1v) is 18.7. The summed E-state index contributed by atoms with van der Waals surface area (Å²) >= 11 is 0. The molecule has 1 amide bonds. The number of nitrogens with zero attached hydrogens (tertiary/aromatic N) is 1. The molecule has 8 heteroatoms. The van der Waals surface area contributed by atoms with Gasteiger partial charge in [-0.15, -0.1) is 6.58 Å². The average Bonchev–Trinajstić information content (AvgIpc) is 3.18. The summed E-state index contributed by atoms with van der Waals surface area (Å²) in [7, 11) is 1.59. The summed E-state index contributed by atoms with van der Waals surface area (Å²) in [4.78, 5) is 16.4. The SMILES string of the molecule is C=CCCN(CCOC(=C)/C=C/OC)c1cc(C(=O)NC(Cc2ccc(OCc3ccccc3)cc2)C2COCCO2)ccc1CC(CC)CCC. The van der Waals surface area contributed by atoms with Crippen LogP contribution in [0.5, 0.6) is 5.75 Å². The lowest BCUT2D eigenvalue weighted by Crippen LogP contribution is -2.50. The summed E-state index contributed by atoms with van der Waals surface area (Å²) in [6, 6.07) is 24.0. The van der Waals surface area contributed by atoms with Gasteiger partial charge in [-0.25, -0.2) is 0 Å². The summed E-state index contributed by atoms with van der Waals surface area (Å²) in [6.07, 6.45) is 10.6. The molecular formula is C44H58N2O6. The maximum Gasteiger partial charge on any atom is 0.251 e. The fourth-order valence-electron chi connectivity index (χ4n) is 6.40. The molecule has 1 heterocycles. The zero-order valence-electron chi connectivity index (χ0n) is 31.4. The normalized spacial score (nSPS) is 15.4. The lowest BCUT2D eigenvalue weighted by molar-refractivity contribution is -0.1000. The molecule has 1 N–H and O–H groups in total. The number of carbonyl (C=O) groups is 1. The van der Waals surface area contributed by atoms with Crippen molar-refractivity contribution < 1.29 is 28.5 Å². The van der Waals surface area contributed by atoms with E-state index in [0.717, 1.165) is 61.2 Å². The molecule has 4 rings (SSSR count). The Labute approximate surface area is 311 Å². The molecule has 1 aliphatic heterocycles. The minimum absolute atomic E-state index is 0.145. The quantitative estimate of drug-likeness (QED) is 0.0601. The van der Waals surface area contributed by atoms with E-state index in [1.807, 2.05) is 60.7 Å². The summed E-state index contributed by atoms with van der Waals surface area (Å²) in [5.74, 6) is 1.74. The highest BCUT2D eigenvalue weighted by Crippen LogP contribution is 2.29. The Morgan fingerprint density at radius 2 is 1.83 bits per heavy atom. The van der Waals surface area contributed by atoms with Gasteiger partial charge in [-0.2, -0.15) is 0 Å². The summed E-state index contributed by atoms with van der Waals surface area (Å²) in [5, 5.41) is 3.33. The van der Waals surface area contributed by atoms with Crippen LogP contribution in [0.15, 0.2) is 110 Å². The minimum atomic E-state index is -0.294. The third-order valence-corrected chi connectivity index (χ3v) is 9.35. The van der Waals surface area contributed by atoms with Gasteiger partial charge in [0, 0.05) is 23.9 Å². The van der Waals surface area contributed by atoms with Crippen molar-refractivity contribution in [3.63, 3.8) is 0 Å². The van der Waals surface area contributed by atoms with Crippen molar-refractivity contribution in [2.75, 3.05) is 51.5 Å². The smallest absolute Gasteiger partial charge is 0.251 e. The van der Waals surface area contributed by atoms with Crippen LogP contribution in [0.3, 0.4) is 0 Å². The molecule has 1 aliphatic rings. The number of nitrogens with one attached hydrogen (secondary N) is 1. The van der Waals surface area contributed by atoms with Crippen molar-refractivity contribution >= 4 is 11.6 Å². The Morgan fingerprint density at radius 1 is 1.02 bits per heavy atom. The molecule has 0 aromatic heterocycles. The Kier molecular flexibility index (Phi) is 17.3. The van der Waals surface area contributed by atoms with E-state index in [9.17, 15) is 4.79 Å². The molecule has 3 aromatic rings. The van der Waals surface area contributed by atoms with E-state index in [4.69, 9.17) is 23.7 Å². The minimum Gasteiger partial charge on any atom is -0.504 e. The number of hydrogen-bond acceptors (Lipinski definition) is 7. The van der Waals surface area contributed by atoms with Gasteiger partial charge in [-0.05, 0) is 66.1 Å². The van der Waals surface area contributed by atoms with Gasteiger partial charge < -0.3 is 33.9 Å². The molecule has 1 saturated heterocycles. The summed E-state index contributed by atoms with van der Waals surface area (Å²) in [5.41, 5.74) is 5.07. The van der Waals surface area contributed by atoms with Gasteiger partial charge in [0.15, 0.2) is 0 Å². The Morgan fingerprint density at radius 3 is 2.52 bits per heavy atom. The van der Waals surface area contributed by atoms with Crippen LogP contribution < -0.4 is 15.0 Å². The second-order valence-electron chi connectivity index (χ2n) is 13.2. The van der Waals surface area contributed by atoms with Gasteiger partial charge in [0.25, 0.3) is 5.91 Å². The number of anilines is 1. The van der Waals surface area contributed by atoms with Crippen LogP contribution in [0.25, 0.3) is 0 Å². The van der Waals surface area contributed by atoms with Crippen LogP contribution in [-0.2, 0) is 38.4 Å². The van der Waals surface area contributed by atoms with Gasteiger partial charge in [-0.1, -0.05) is 94.3 Å². The van der Waals surface area contributed by atoms with Crippen LogP contribution >= 0.6 is 0 Å². The summed E-state index contributed by atoms with van der Waals surface area (Å²) in [6.45, 7) is 16.2. The zero-order chi connectivity index (χ0) is 37.0. The van der Waals surface area contributed by atoms with Gasteiger partial charge in [0.2, 0.25) is 0 Å². The van der Waals surface area contributed by atoms with Crippen LogP contribution in [0.4, 0.5) is 5.69 Å². The highest BCUT2D eigenvalue weighted by Gasteiger charge is 2.28. The average molecular weight is 711 g/mol. The lowest BCUT2D eigenvalue weighted by atomic mass is 9.91. The van der Waals surface area contributed by atoms with Crippen LogP contribution in [0, 0.1) is 5.92 Å². The van der Waals surface area contributed by atoms with Crippen molar-refractivity contribution in [1.82, 2.24) is 5.32 Å². The first kappa shape index (κ1) is 40.2. The molecule has 3 unspecified atom stereocenters. The van der Waals surface area contributed by atoms with Gasteiger partial charge >= 0.3 is 0 Å². The van der Waals surface area contributed by atoms with E-state index >= 15 is 0 Å². The molecule has 0 bridgehead atoms.